The molecular formula is C42H79NO7S. The van der Waals surface area contributed by atoms with Crippen molar-refractivity contribution in [2.24, 2.45) is 0 Å². The Hall–Kier alpha value is -1.45. The molecule has 9 heteroatoms. The first kappa shape index (κ1) is 49.6. The highest BCUT2D eigenvalue weighted by Gasteiger charge is 2.54. The quantitative estimate of drug-likeness (QED) is 0.0240. The highest BCUT2D eigenvalue weighted by molar-refractivity contribution is 7.82. The Morgan fingerprint density at radius 3 is 1.12 bits per heavy atom. The van der Waals surface area contributed by atoms with Crippen LogP contribution in [0.2, 0.25) is 0 Å². The maximum absolute atomic E-state index is 13.5. The Morgan fingerprint density at radius 1 is 0.529 bits per heavy atom. The van der Waals surface area contributed by atoms with Gasteiger partial charge in [0.1, 0.15) is 11.0 Å². The van der Waals surface area contributed by atoms with Gasteiger partial charge < -0.3 is 20.6 Å². The van der Waals surface area contributed by atoms with Crippen molar-refractivity contribution in [2.75, 3.05) is 6.61 Å². The summed E-state index contributed by atoms with van der Waals surface area (Å²) in [7, 11) is 0. The number of nitrogens with one attached hydrogen (secondary N) is 1. The van der Waals surface area contributed by atoms with Crippen LogP contribution in [0.3, 0.4) is 0 Å². The largest absolute Gasteiger partial charge is 0.479 e. The fourth-order valence-electron chi connectivity index (χ4n) is 6.84. The molecule has 0 saturated heterocycles. The molecular weight excluding hydrogens is 663 g/mol. The maximum atomic E-state index is 13.5. The molecule has 0 bridgehead atoms. The third-order valence-electron chi connectivity index (χ3n) is 10.3. The number of hydrogen-bond acceptors (Lipinski definition) is 7. The molecule has 0 aromatic carbocycles. The zero-order chi connectivity index (χ0) is 38.0. The zero-order valence-corrected chi connectivity index (χ0v) is 33.8. The Morgan fingerprint density at radius 2 is 0.824 bits per heavy atom. The molecule has 0 heterocycles. The lowest BCUT2D eigenvalue weighted by atomic mass is 9.83. The van der Waals surface area contributed by atoms with Crippen LogP contribution in [0, 0.1) is 0 Å². The van der Waals surface area contributed by atoms with Crippen LogP contribution < -0.4 is 5.32 Å². The van der Waals surface area contributed by atoms with Crippen molar-refractivity contribution in [1.29, 1.82) is 0 Å². The molecule has 0 saturated carbocycles. The molecule has 0 aliphatic heterocycles. The molecule has 0 radical (unpaired) electrons. The van der Waals surface area contributed by atoms with Gasteiger partial charge in [-0.3, -0.25) is 14.4 Å². The molecule has 51 heavy (non-hydrogen) atoms. The minimum atomic E-state index is -2.61. The number of aliphatic hydroxyl groups excluding tert-OH is 2. The summed E-state index contributed by atoms with van der Waals surface area (Å²) in [5, 5.41) is 29.9. The average molecular weight is 742 g/mol. The van der Waals surface area contributed by atoms with Crippen molar-refractivity contribution in [1.82, 2.24) is 5.32 Å². The van der Waals surface area contributed by atoms with Gasteiger partial charge in [-0.1, -0.05) is 194 Å². The molecule has 4 N–H and O–H groups in total. The highest BCUT2D eigenvalue weighted by Crippen LogP contribution is 2.26. The molecule has 0 aromatic heterocycles. The Balaban J connectivity index is 4.60. The van der Waals surface area contributed by atoms with Crippen LogP contribution in [0.15, 0.2) is 0 Å². The van der Waals surface area contributed by atoms with Crippen LogP contribution in [0.4, 0.5) is 0 Å². The molecule has 3 unspecified atom stereocenters. The van der Waals surface area contributed by atoms with E-state index in [0.29, 0.717) is 12.8 Å². The van der Waals surface area contributed by atoms with Gasteiger partial charge in [-0.15, -0.1) is 0 Å². The molecule has 0 rings (SSSR count). The van der Waals surface area contributed by atoms with E-state index in [9.17, 15) is 34.5 Å². The van der Waals surface area contributed by atoms with Crippen LogP contribution >= 0.6 is 12.6 Å². The van der Waals surface area contributed by atoms with Crippen LogP contribution in [0.25, 0.3) is 0 Å². The summed E-state index contributed by atoms with van der Waals surface area (Å²) in [6.45, 7) is 3.54. The molecule has 1 amide bonds. The summed E-state index contributed by atoms with van der Waals surface area (Å²) in [5.41, 5.74) is -2.61. The number of carbonyl (C=O) groups is 4. The predicted molar refractivity (Wildman–Crippen MR) is 213 cm³/mol. The number of carboxylic acids is 1. The molecule has 0 fully saturated rings. The van der Waals surface area contributed by atoms with Gasteiger partial charge in [0.05, 0.1) is 6.61 Å². The fourth-order valence-corrected chi connectivity index (χ4v) is 7.29. The monoisotopic (exact) mass is 742 g/mol. The van der Waals surface area contributed by atoms with Crippen molar-refractivity contribution in [3.05, 3.63) is 0 Å². The lowest BCUT2D eigenvalue weighted by Gasteiger charge is -2.34. The number of thiol groups is 1. The smallest absolute Gasteiger partial charge is 0.338 e. The van der Waals surface area contributed by atoms with Gasteiger partial charge in [0, 0.05) is 12.8 Å². The van der Waals surface area contributed by atoms with E-state index in [0.717, 1.165) is 51.4 Å². The number of hydrogen-bond donors (Lipinski definition) is 5. The van der Waals surface area contributed by atoms with E-state index < -0.39 is 46.9 Å². The number of carboxylic acid groups (broad SMARTS) is 1. The number of rotatable bonds is 39. The second-order valence-corrected chi connectivity index (χ2v) is 15.5. The van der Waals surface area contributed by atoms with E-state index in [-0.39, 0.29) is 12.8 Å². The normalized spacial score (nSPS) is 13.8. The van der Waals surface area contributed by atoms with Crippen molar-refractivity contribution >= 4 is 36.1 Å². The lowest BCUT2D eigenvalue weighted by molar-refractivity contribution is -0.156. The molecule has 3 atom stereocenters. The standard InChI is InChI=1S/C42H79NO7S/c1-3-5-7-9-11-13-15-17-19-21-23-25-27-29-31-33-36(45)39(51)42(41(49)50,43-40(48)37(46)35-44)38(47)34-32-30-28-26-24-22-20-18-16-14-12-10-8-6-4-2/h37,39,44,46,51H,3-35H2,1-2H3,(H,43,48)(H,49,50). The third kappa shape index (κ3) is 24.5. The van der Waals surface area contributed by atoms with Crippen LogP contribution in [-0.2, 0) is 19.2 Å². The van der Waals surface area contributed by atoms with E-state index in [4.69, 9.17) is 0 Å². The van der Waals surface area contributed by atoms with Crippen molar-refractivity contribution in [3.63, 3.8) is 0 Å². The predicted octanol–water partition coefficient (Wildman–Crippen LogP) is 10.2. The fraction of sp³-hybridized carbons (Fsp3) is 0.905. The van der Waals surface area contributed by atoms with Crippen LogP contribution in [0.1, 0.15) is 219 Å². The average Bonchev–Trinajstić information content (AvgIpc) is 3.12. The van der Waals surface area contributed by atoms with Gasteiger partial charge in [-0.05, 0) is 12.8 Å². The van der Waals surface area contributed by atoms with Gasteiger partial charge in [0.25, 0.3) is 5.91 Å². The van der Waals surface area contributed by atoms with E-state index >= 15 is 0 Å². The summed E-state index contributed by atoms with van der Waals surface area (Å²) in [6, 6.07) is 0. The van der Waals surface area contributed by atoms with E-state index in [1.165, 1.54) is 128 Å². The first-order valence-corrected chi connectivity index (χ1v) is 21.8. The van der Waals surface area contributed by atoms with Crippen LogP contribution in [-0.4, -0.2) is 62.3 Å². The third-order valence-corrected chi connectivity index (χ3v) is 11.0. The summed E-state index contributed by atoms with van der Waals surface area (Å²) < 4.78 is 0. The number of aliphatic carboxylic acids is 1. The number of unbranched alkanes of at least 4 members (excludes halogenated alkanes) is 28. The minimum Gasteiger partial charge on any atom is -0.479 e. The van der Waals surface area contributed by atoms with Crippen molar-refractivity contribution in [2.45, 2.75) is 236 Å². The van der Waals surface area contributed by atoms with Gasteiger partial charge in [-0.25, -0.2) is 4.79 Å². The SMILES string of the molecule is CCCCCCCCCCCCCCCCCC(=O)C(S)C(NC(=O)C(O)CO)(C(=O)O)C(=O)CCCCCCCCCCCCCCCCC. The molecule has 0 aliphatic rings. The van der Waals surface area contributed by atoms with Gasteiger partial charge in [0.15, 0.2) is 11.9 Å². The van der Waals surface area contributed by atoms with E-state index in [2.05, 4.69) is 31.8 Å². The lowest BCUT2D eigenvalue weighted by Crippen LogP contribution is -2.68. The summed E-state index contributed by atoms with van der Waals surface area (Å²) in [5.74, 6) is -4.24. The van der Waals surface area contributed by atoms with Crippen LogP contribution in [0.5, 0.6) is 0 Å². The molecule has 0 aliphatic carbocycles. The number of amides is 1. The maximum Gasteiger partial charge on any atom is 0.338 e. The van der Waals surface area contributed by atoms with E-state index in [1.807, 2.05) is 0 Å². The Bertz CT molecular complexity index is 885. The van der Waals surface area contributed by atoms with Gasteiger partial charge in [0.2, 0.25) is 5.54 Å². The molecule has 8 nitrogen and oxygen atoms in total. The minimum absolute atomic E-state index is 0.0477. The van der Waals surface area contributed by atoms with Crippen molar-refractivity contribution in [3.8, 4) is 0 Å². The number of aliphatic hydroxyl groups is 2. The number of Topliss-reactive ketones (excluding diaryl/α,β-unsaturated/α-hetero) is 2. The van der Waals surface area contributed by atoms with Crippen molar-refractivity contribution < 1.29 is 34.5 Å². The zero-order valence-electron chi connectivity index (χ0n) is 32.9. The number of ketones is 2. The van der Waals surface area contributed by atoms with Gasteiger partial charge >= 0.3 is 5.97 Å². The first-order valence-electron chi connectivity index (χ1n) is 21.3. The highest BCUT2D eigenvalue weighted by atomic mass is 32.1. The second kappa shape index (κ2) is 34.3. The Kier molecular flexibility index (Phi) is 33.4. The van der Waals surface area contributed by atoms with Gasteiger partial charge in [-0.2, -0.15) is 12.6 Å². The summed E-state index contributed by atoms with van der Waals surface area (Å²) in [6.07, 6.45) is 33.0. The number of carbonyl (C=O) groups excluding carboxylic acids is 3. The molecule has 0 spiro atoms. The Labute approximate surface area is 317 Å². The summed E-state index contributed by atoms with van der Waals surface area (Å²) in [4.78, 5) is 51.9. The summed E-state index contributed by atoms with van der Waals surface area (Å²) >= 11 is 4.32. The second-order valence-electron chi connectivity index (χ2n) is 15.0. The molecule has 300 valence electrons. The first-order chi connectivity index (χ1) is 24.7. The molecule has 0 aromatic rings. The van der Waals surface area contributed by atoms with E-state index in [1.54, 1.807) is 0 Å². The topological polar surface area (TPSA) is 141 Å².